The van der Waals surface area contributed by atoms with Crippen LogP contribution in [-0.2, 0) is 39.9 Å². The molecule has 3 aliphatic heterocycles. The van der Waals surface area contributed by atoms with Crippen LogP contribution in [0.3, 0.4) is 0 Å². The predicted octanol–water partition coefficient (Wildman–Crippen LogP) is 2.37. The van der Waals surface area contributed by atoms with Gasteiger partial charge in [0, 0.05) is 54.3 Å². The van der Waals surface area contributed by atoms with Crippen LogP contribution in [0.5, 0.6) is 0 Å². The lowest BCUT2D eigenvalue weighted by Gasteiger charge is -2.49. The van der Waals surface area contributed by atoms with Crippen LogP contribution in [0, 0.1) is 5.41 Å². The van der Waals surface area contributed by atoms with Gasteiger partial charge >= 0.3 is 6.09 Å². The monoisotopic (exact) mass is 643 g/mol. The number of nitrogens with one attached hydrogen (secondary N) is 2. The summed E-state index contributed by atoms with van der Waals surface area (Å²) in [6, 6.07) is 4.27. The third-order valence-corrected chi connectivity index (χ3v) is 7.62. The highest BCUT2D eigenvalue weighted by molar-refractivity contribution is 6.06. The Morgan fingerprint density at radius 3 is 2.50 bits per heavy atom. The van der Waals surface area contributed by atoms with E-state index < -0.39 is 29.1 Å². The number of amides is 5. The maximum Gasteiger partial charge on any atom is 0.410 e. The Labute approximate surface area is 266 Å². The van der Waals surface area contributed by atoms with Crippen LogP contribution in [-0.4, -0.2) is 110 Å². The average Bonchev–Trinajstić information content (AvgIpc) is 3.30. The summed E-state index contributed by atoms with van der Waals surface area (Å²) in [5.74, 6) is -1.49. The number of benzene rings is 1. The molecular weight excluding hydrogens is 602 g/mol. The van der Waals surface area contributed by atoms with Gasteiger partial charge in [-0.2, -0.15) is 0 Å². The van der Waals surface area contributed by atoms with Crippen LogP contribution in [0.15, 0.2) is 23.3 Å². The molecule has 5 amide bonds. The first-order chi connectivity index (χ1) is 21.9. The molecular formula is C30H41N7O9. The van der Waals surface area contributed by atoms with Crippen molar-refractivity contribution in [3.63, 3.8) is 0 Å². The van der Waals surface area contributed by atoms with Crippen molar-refractivity contribution in [2.24, 2.45) is 10.5 Å². The fourth-order valence-corrected chi connectivity index (χ4v) is 5.47. The van der Waals surface area contributed by atoms with Crippen molar-refractivity contribution < 1.29 is 42.9 Å². The number of nitrogens with zero attached hydrogens (tertiary/aromatic N) is 5. The number of azide groups is 1. The van der Waals surface area contributed by atoms with Crippen molar-refractivity contribution in [3.8, 4) is 0 Å². The lowest BCUT2D eigenvalue weighted by Crippen LogP contribution is -2.63. The van der Waals surface area contributed by atoms with Crippen molar-refractivity contribution in [3.05, 3.63) is 39.8 Å². The smallest absolute Gasteiger partial charge is 0.410 e. The van der Waals surface area contributed by atoms with E-state index in [-0.39, 0.29) is 69.9 Å². The van der Waals surface area contributed by atoms with E-state index in [2.05, 4.69) is 20.7 Å². The van der Waals surface area contributed by atoms with Crippen LogP contribution >= 0.6 is 0 Å². The van der Waals surface area contributed by atoms with Gasteiger partial charge in [0.25, 0.3) is 5.91 Å². The summed E-state index contributed by atoms with van der Waals surface area (Å²) in [6.07, 6.45) is 0.0216. The van der Waals surface area contributed by atoms with Crippen LogP contribution in [0.2, 0.25) is 0 Å². The largest absolute Gasteiger partial charge is 0.444 e. The number of imide groups is 1. The Kier molecular flexibility index (Phi) is 11.6. The van der Waals surface area contributed by atoms with Crippen molar-refractivity contribution in [2.75, 3.05) is 64.6 Å². The minimum atomic E-state index is -0.750. The molecule has 1 unspecified atom stereocenters. The van der Waals surface area contributed by atoms with Gasteiger partial charge < -0.3 is 34.1 Å². The molecule has 0 radical (unpaired) electrons. The van der Waals surface area contributed by atoms with Gasteiger partial charge in [0.1, 0.15) is 11.6 Å². The maximum absolute atomic E-state index is 13.1. The van der Waals surface area contributed by atoms with Crippen LogP contribution in [0.25, 0.3) is 10.4 Å². The third kappa shape index (κ3) is 9.16. The van der Waals surface area contributed by atoms with Gasteiger partial charge in [-0.1, -0.05) is 11.2 Å². The molecule has 46 heavy (non-hydrogen) atoms. The second kappa shape index (κ2) is 15.4. The number of hydrogen-bond donors (Lipinski definition) is 2. The second-order valence-electron chi connectivity index (χ2n) is 12.5. The van der Waals surface area contributed by atoms with E-state index in [4.69, 9.17) is 24.5 Å². The van der Waals surface area contributed by atoms with Crippen LogP contribution in [0.1, 0.15) is 56.0 Å². The van der Waals surface area contributed by atoms with Gasteiger partial charge in [0.05, 0.1) is 51.5 Å². The van der Waals surface area contributed by atoms with Gasteiger partial charge in [-0.15, -0.1) is 0 Å². The second-order valence-corrected chi connectivity index (χ2v) is 12.5. The Hall–Kier alpha value is -4.24. The lowest BCUT2D eigenvalue weighted by molar-refractivity contribution is -0.137. The van der Waals surface area contributed by atoms with E-state index in [0.29, 0.717) is 49.7 Å². The number of anilines is 1. The molecule has 2 saturated heterocycles. The van der Waals surface area contributed by atoms with E-state index in [1.165, 1.54) is 4.90 Å². The number of piperidine rings is 1. The van der Waals surface area contributed by atoms with Gasteiger partial charge in [-0.3, -0.25) is 24.5 Å². The Morgan fingerprint density at radius 2 is 1.80 bits per heavy atom. The average molecular weight is 644 g/mol. The molecule has 3 heterocycles. The third-order valence-electron chi connectivity index (χ3n) is 7.62. The van der Waals surface area contributed by atoms with Crippen molar-refractivity contribution in [1.82, 2.24) is 15.1 Å². The molecule has 16 nitrogen and oxygen atoms in total. The number of carbonyl (C=O) groups is 5. The van der Waals surface area contributed by atoms with Gasteiger partial charge in [0.2, 0.25) is 17.7 Å². The van der Waals surface area contributed by atoms with Crippen molar-refractivity contribution in [1.29, 1.82) is 0 Å². The lowest BCUT2D eigenvalue weighted by atomic mass is 9.81. The summed E-state index contributed by atoms with van der Waals surface area (Å²) in [4.78, 5) is 68.0. The summed E-state index contributed by atoms with van der Waals surface area (Å²) < 4.78 is 22.5. The standard InChI is InChI=1S/C30H41N7O9/c1-29(2,3)46-28(42)36-16-30(17-36,19-45-14-13-43-12-10-32-35-31)18-44-11-9-25(39)33-22-6-4-5-20-21(22)15-37(27(20)41)23-7-8-24(38)34-26(23)40/h4-6,23H,7-19H2,1-3H3,(H,33,39)(H,34,38,40). The van der Waals surface area contributed by atoms with E-state index >= 15 is 0 Å². The molecule has 2 fully saturated rings. The summed E-state index contributed by atoms with van der Waals surface area (Å²) >= 11 is 0. The highest BCUT2D eigenvalue weighted by atomic mass is 16.6. The fraction of sp³-hybridized carbons (Fsp3) is 0.633. The molecule has 3 aliphatic rings. The van der Waals surface area contributed by atoms with E-state index in [1.54, 1.807) is 43.9 Å². The van der Waals surface area contributed by atoms with Gasteiger partial charge in [0.15, 0.2) is 0 Å². The quantitative estimate of drug-likeness (QED) is 0.0946. The van der Waals surface area contributed by atoms with Crippen LogP contribution in [0.4, 0.5) is 10.5 Å². The molecule has 250 valence electrons. The zero-order valence-corrected chi connectivity index (χ0v) is 26.4. The van der Waals surface area contributed by atoms with Crippen LogP contribution < -0.4 is 10.6 Å². The molecule has 0 spiro atoms. The normalized spacial score (nSPS) is 18.8. The van der Waals surface area contributed by atoms with E-state index in [9.17, 15) is 24.0 Å². The highest BCUT2D eigenvalue weighted by Crippen LogP contribution is 2.34. The Balaban J connectivity index is 1.26. The Bertz CT molecular complexity index is 1370. The van der Waals surface area contributed by atoms with Crippen molar-refractivity contribution >= 4 is 35.4 Å². The molecule has 2 N–H and O–H groups in total. The zero-order valence-electron chi connectivity index (χ0n) is 26.4. The van der Waals surface area contributed by atoms with E-state index in [1.807, 2.05) is 0 Å². The molecule has 0 saturated carbocycles. The summed E-state index contributed by atoms with van der Waals surface area (Å²) in [6.45, 7) is 8.05. The topological polar surface area (TPSA) is 202 Å². The van der Waals surface area contributed by atoms with Crippen molar-refractivity contribution in [2.45, 2.75) is 58.2 Å². The minimum Gasteiger partial charge on any atom is -0.444 e. The molecule has 1 atom stereocenters. The summed E-state index contributed by atoms with van der Waals surface area (Å²) in [5.41, 5.74) is 8.70. The Morgan fingerprint density at radius 1 is 1.09 bits per heavy atom. The van der Waals surface area contributed by atoms with Gasteiger partial charge in [-0.25, -0.2) is 4.79 Å². The SMILES string of the molecule is CC(C)(C)OC(=O)N1CC(COCCOCCN=[N+]=[N-])(COCCC(=O)Nc2cccc3c2CN(C2CCC(=O)NC2=O)C3=O)C1. The number of ether oxygens (including phenoxy) is 4. The summed E-state index contributed by atoms with van der Waals surface area (Å²) in [7, 11) is 0. The maximum atomic E-state index is 13.1. The predicted molar refractivity (Wildman–Crippen MR) is 162 cm³/mol. The first-order valence-electron chi connectivity index (χ1n) is 15.2. The molecule has 16 heteroatoms. The number of rotatable bonds is 15. The molecule has 4 rings (SSSR count). The van der Waals surface area contributed by atoms with E-state index in [0.717, 1.165) is 0 Å². The number of carbonyl (C=O) groups excluding carboxylic acids is 5. The first kappa shape index (κ1) is 34.6. The molecule has 1 aromatic carbocycles. The fourth-order valence-electron chi connectivity index (χ4n) is 5.47. The van der Waals surface area contributed by atoms with Gasteiger partial charge in [-0.05, 0) is 44.9 Å². The number of likely N-dealkylation sites (tertiary alicyclic amines) is 1. The highest BCUT2D eigenvalue weighted by Gasteiger charge is 2.47. The summed E-state index contributed by atoms with van der Waals surface area (Å²) in [5, 5.41) is 8.54. The molecule has 0 bridgehead atoms. The first-order valence-corrected chi connectivity index (χ1v) is 15.2. The number of hydrogen-bond acceptors (Lipinski definition) is 10. The minimum absolute atomic E-state index is 0.0419. The molecule has 1 aromatic rings. The molecule has 0 aliphatic carbocycles. The zero-order chi connectivity index (χ0) is 33.3. The molecule has 0 aromatic heterocycles. The number of fused-ring (bicyclic) bond motifs is 1.